The molecule has 0 bridgehead atoms. The zero-order valence-corrected chi connectivity index (χ0v) is 11.8. The molecule has 0 saturated heterocycles. The van der Waals surface area contributed by atoms with Crippen LogP contribution in [-0.4, -0.2) is 7.11 Å². The molecule has 2 aromatic rings. The molecule has 0 heterocycles. The van der Waals surface area contributed by atoms with Crippen LogP contribution in [-0.2, 0) is 11.9 Å². The molecule has 0 aliphatic carbocycles. The smallest absolute Gasteiger partial charge is 0.123 e. The van der Waals surface area contributed by atoms with Crippen molar-refractivity contribution in [1.29, 1.82) is 0 Å². The fourth-order valence-electron chi connectivity index (χ4n) is 1.65. The first-order valence-corrected chi connectivity index (χ1v) is 6.84. The van der Waals surface area contributed by atoms with Gasteiger partial charge in [-0.05, 0) is 23.3 Å². The minimum absolute atomic E-state index is 0.565. The standard InChI is InChI=1S/C15H15BrO2/c1-17-14-7-13(10-16)8-15(9-14)18-11-12-5-3-2-4-6-12/h2-9H,10-11H2,1H3. The van der Waals surface area contributed by atoms with E-state index >= 15 is 0 Å². The van der Waals surface area contributed by atoms with E-state index in [1.54, 1.807) is 7.11 Å². The fourth-order valence-corrected chi connectivity index (χ4v) is 1.97. The Balaban J connectivity index is 2.09. The maximum Gasteiger partial charge on any atom is 0.123 e. The fraction of sp³-hybridized carbons (Fsp3) is 0.200. The summed E-state index contributed by atoms with van der Waals surface area (Å²) in [5, 5.41) is 0.784. The van der Waals surface area contributed by atoms with E-state index in [-0.39, 0.29) is 0 Å². The van der Waals surface area contributed by atoms with Gasteiger partial charge >= 0.3 is 0 Å². The molecule has 0 saturated carbocycles. The molecule has 2 aromatic carbocycles. The number of hydrogen-bond acceptors (Lipinski definition) is 2. The summed E-state index contributed by atoms with van der Waals surface area (Å²) in [7, 11) is 1.66. The SMILES string of the molecule is COc1cc(CBr)cc(OCc2ccccc2)c1. The van der Waals surface area contributed by atoms with Gasteiger partial charge in [-0.15, -0.1) is 0 Å². The van der Waals surface area contributed by atoms with Crippen LogP contribution in [0.2, 0.25) is 0 Å². The van der Waals surface area contributed by atoms with Gasteiger partial charge in [-0.3, -0.25) is 0 Å². The number of benzene rings is 2. The minimum atomic E-state index is 0.565. The highest BCUT2D eigenvalue weighted by Crippen LogP contribution is 2.24. The van der Waals surface area contributed by atoms with Crippen LogP contribution in [0.1, 0.15) is 11.1 Å². The maximum absolute atomic E-state index is 5.78. The van der Waals surface area contributed by atoms with E-state index in [2.05, 4.69) is 15.9 Å². The van der Waals surface area contributed by atoms with Crippen LogP contribution in [0.4, 0.5) is 0 Å². The first kappa shape index (κ1) is 13.0. The molecule has 0 fully saturated rings. The summed E-state index contributed by atoms with van der Waals surface area (Å²) in [4.78, 5) is 0. The van der Waals surface area contributed by atoms with Gasteiger partial charge in [0.2, 0.25) is 0 Å². The first-order chi connectivity index (χ1) is 8.81. The topological polar surface area (TPSA) is 18.5 Å². The zero-order chi connectivity index (χ0) is 12.8. The third-order valence-corrected chi connectivity index (χ3v) is 3.23. The number of halogens is 1. The quantitative estimate of drug-likeness (QED) is 0.772. The summed E-state index contributed by atoms with van der Waals surface area (Å²) >= 11 is 3.44. The van der Waals surface area contributed by atoms with Crippen LogP contribution in [0.15, 0.2) is 48.5 Å². The third-order valence-electron chi connectivity index (χ3n) is 2.58. The van der Waals surface area contributed by atoms with E-state index in [9.17, 15) is 0 Å². The van der Waals surface area contributed by atoms with E-state index in [0.717, 1.165) is 28.0 Å². The van der Waals surface area contributed by atoms with Crippen LogP contribution in [0, 0.1) is 0 Å². The highest BCUT2D eigenvalue weighted by Gasteiger charge is 2.02. The van der Waals surface area contributed by atoms with Gasteiger partial charge in [0.25, 0.3) is 0 Å². The highest BCUT2D eigenvalue weighted by molar-refractivity contribution is 9.08. The number of hydrogen-bond donors (Lipinski definition) is 0. The van der Waals surface area contributed by atoms with E-state index in [1.165, 1.54) is 0 Å². The van der Waals surface area contributed by atoms with Crippen LogP contribution < -0.4 is 9.47 Å². The second-order valence-corrected chi connectivity index (χ2v) is 4.49. The van der Waals surface area contributed by atoms with Crippen LogP contribution in [0.25, 0.3) is 0 Å². The lowest BCUT2D eigenvalue weighted by molar-refractivity contribution is 0.303. The van der Waals surface area contributed by atoms with Crippen molar-refractivity contribution < 1.29 is 9.47 Å². The summed E-state index contributed by atoms with van der Waals surface area (Å²) in [5.41, 5.74) is 2.29. The molecule has 0 amide bonds. The maximum atomic E-state index is 5.78. The van der Waals surface area contributed by atoms with E-state index in [4.69, 9.17) is 9.47 Å². The van der Waals surface area contributed by atoms with Crippen molar-refractivity contribution in [3.05, 3.63) is 59.7 Å². The van der Waals surface area contributed by atoms with Gasteiger partial charge < -0.3 is 9.47 Å². The van der Waals surface area contributed by atoms with Gasteiger partial charge in [-0.2, -0.15) is 0 Å². The number of alkyl halides is 1. The van der Waals surface area contributed by atoms with E-state index < -0.39 is 0 Å². The predicted octanol–water partition coefficient (Wildman–Crippen LogP) is 4.17. The van der Waals surface area contributed by atoms with Crippen molar-refractivity contribution in [2.45, 2.75) is 11.9 Å². The minimum Gasteiger partial charge on any atom is -0.497 e. The molecule has 0 N–H and O–H groups in total. The molecule has 0 aliphatic rings. The second kappa shape index (κ2) is 6.45. The van der Waals surface area contributed by atoms with Crippen molar-refractivity contribution in [1.82, 2.24) is 0 Å². The molecule has 0 aromatic heterocycles. The summed E-state index contributed by atoms with van der Waals surface area (Å²) in [6, 6.07) is 16.0. The number of ether oxygens (including phenoxy) is 2. The van der Waals surface area contributed by atoms with Gasteiger partial charge in [0.1, 0.15) is 18.1 Å². The normalized spacial score (nSPS) is 10.1. The van der Waals surface area contributed by atoms with Crippen LogP contribution in [0.5, 0.6) is 11.5 Å². The summed E-state index contributed by atoms with van der Waals surface area (Å²) in [6.07, 6.45) is 0. The first-order valence-electron chi connectivity index (χ1n) is 5.72. The lowest BCUT2D eigenvalue weighted by atomic mass is 10.2. The summed E-state index contributed by atoms with van der Waals surface area (Å²) in [5.74, 6) is 1.64. The second-order valence-electron chi connectivity index (χ2n) is 3.92. The van der Waals surface area contributed by atoms with Crippen molar-refractivity contribution in [3.8, 4) is 11.5 Å². The Hall–Kier alpha value is -1.48. The Morgan fingerprint density at radius 2 is 1.67 bits per heavy atom. The molecular weight excluding hydrogens is 292 g/mol. The Morgan fingerprint density at radius 1 is 0.944 bits per heavy atom. The molecule has 18 heavy (non-hydrogen) atoms. The third kappa shape index (κ3) is 3.50. The van der Waals surface area contributed by atoms with Crippen molar-refractivity contribution in [3.63, 3.8) is 0 Å². The van der Waals surface area contributed by atoms with Gasteiger partial charge in [0.15, 0.2) is 0 Å². The molecule has 0 radical (unpaired) electrons. The Morgan fingerprint density at radius 3 is 2.33 bits per heavy atom. The molecule has 2 rings (SSSR count). The molecule has 0 aliphatic heterocycles. The molecule has 2 nitrogen and oxygen atoms in total. The van der Waals surface area contributed by atoms with Gasteiger partial charge in [0.05, 0.1) is 7.11 Å². The van der Waals surface area contributed by atoms with E-state index in [1.807, 2.05) is 48.5 Å². The largest absolute Gasteiger partial charge is 0.497 e. The average molecular weight is 307 g/mol. The molecule has 0 atom stereocenters. The van der Waals surface area contributed by atoms with Crippen molar-refractivity contribution >= 4 is 15.9 Å². The monoisotopic (exact) mass is 306 g/mol. The molecule has 3 heteroatoms. The predicted molar refractivity (Wildman–Crippen MR) is 76.4 cm³/mol. The molecule has 0 spiro atoms. The molecule has 0 unspecified atom stereocenters. The lowest BCUT2D eigenvalue weighted by Gasteiger charge is -2.10. The Bertz CT molecular complexity index is 475. The van der Waals surface area contributed by atoms with Gasteiger partial charge in [-0.25, -0.2) is 0 Å². The highest BCUT2D eigenvalue weighted by atomic mass is 79.9. The number of rotatable bonds is 5. The lowest BCUT2D eigenvalue weighted by Crippen LogP contribution is -1.96. The van der Waals surface area contributed by atoms with Crippen LogP contribution in [0.3, 0.4) is 0 Å². The number of methoxy groups -OCH3 is 1. The Labute approximate surface area is 116 Å². The van der Waals surface area contributed by atoms with Crippen molar-refractivity contribution in [2.75, 3.05) is 7.11 Å². The van der Waals surface area contributed by atoms with Gasteiger partial charge in [-0.1, -0.05) is 46.3 Å². The molecule has 94 valence electrons. The van der Waals surface area contributed by atoms with E-state index in [0.29, 0.717) is 6.61 Å². The zero-order valence-electron chi connectivity index (χ0n) is 10.2. The summed E-state index contributed by atoms with van der Waals surface area (Å²) in [6.45, 7) is 0.565. The molecular formula is C15H15BrO2. The van der Waals surface area contributed by atoms with Crippen molar-refractivity contribution in [2.24, 2.45) is 0 Å². The van der Waals surface area contributed by atoms with Gasteiger partial charge in [0, 0.05) is 11.4 Å². The average Bonchev–Trinajstić information content (AvgIpc) is 2.45. The summed E-state index contributed by atoms with van der Waals surface area (Å²) < 4.78 is 11.0. The van der Waals surface area contributed by atoms with Crippen LogP contribution >= 0.6 is 15.9 Å². The Kier molecular flexibility index (Phi) is 4.65.